The number of nitrogens with zero attached hydrogens (tertiary/aromatic N) is 2. The van der Waals surface area contributed by atoms with Gasteiger partial charge in [0.1, 0.15) is 0 Å². The Hall–Kier alpha value is -2.57. The molecule has 0 saturated heterocycles. The van der Waals surface area contributed by atoms with Gasteiger partial charge in [0.15, 0.2) is 0 Å². The van der Waals surface area contributed by atoms with Crippen molar-refractivity contribution in [2.24, 2.45) is 5.92 Å². The van der Waals surface area contributed by atoms with Crippen LogP contribution in [0.5, 0.6) is 0 Å². The van der Waals surface area contributed by atoms with E-state index in [4.69, 9.17) is 24.2 Å². The zero-order valence-corrected chi connectivity index (χ0v) is 19.7. The zero-order valence-electron chi connectivity index (χ0n) is 19.0. The predicted octanol–water partition coefficient (Wildman–Crippen LogP) is 5.45. The fourth-order valence-electron chi connectivity index (χ4n) is 4.12. The monoisotopic (exact) mass is 463 g/mol. The molecule has 2 aliphatic carbocycles. The average molecular weight is 464 g/mol. The van der Waals surface area contributed by atoms with E-state index >= 15 is 0 Å². The number of halogens is 2. The minimum absolute atomic E-state index is 0.0223. The molecule has 0 amide bonds. The third-order valence-electron chi connectivity index (χ3n) is 6.34. The van der Waals surface area contributed by atoms with Crippen LogP contribution in [0.15, 0.2) is 60.3 Å². The van der Waals surface area contributed by atoms with Gasteiger partial charge in [0.2, 0.25) is 0 Å². The normalized spacial score (nSPS) is 18.7. The number of aliphatic hydroxyl groups is 1. The van der Waals surface area contributed by atoms with Gasteiger partial charge in [-0.15, -0.1) is 0 Å². The first-order valence-corrected chi connectivity index (χ1v) is 11.7. The molecule has 2 unspecified atom stereocenters. The van der Waals surface area contributed by atoms with Gasteiger partial charge in [0, 0.05) is 0 Å². The Morgan fingerprint density at radius 1 is 1.33 bits per heavy atom. The fraction of sp³-hybridized carbons (Fsp3) is 0.346. The van der Waals surface area contributed by atoms with Crippen molar-refractivity contribution in [1.29, 1.82) is 0 Å². The molecule has 0 aliphatic heterocycles. The van der Waals surface area contributed by atoms with Crippen LogP contribution in [-0.2, 0) is 5.60 Å². The molecule has 4 rings (SSSR count). The molecular formula is C26H28BClFN3O+. The number of pyridine rings is 1. The van der Waals surface area contributed by atoms with E-state index in [1.807, 2.05) is 50.4 Å². The molecule has 0 spiro atoms. The zero-order chi connectivity index (χ0) is 23.6. The second kappa shape index (κ2) is 9.74. The number of hydrogen-bond acceptors (Lipinski definition) is 3. The summed E-state index contributed by atoms with van der Waals surface area (Å²) in [6.45, 7) is 4.75. The first kappa shape index (κ1) is 23.6. The molecule has 7 heteroatoms. The van der Waals surface area contributed by atoms with Crippen LogP contribution in [0.25, 0.3) is 11.3 Å². The Kier molecular flexibility index (Phi) is 6.96. The van der Waals surface area contributed by atoms with Crippen LogP contribution < -0.4 is 5.32 Å². The van der Waals surface area contributed by atoms with Crippen LogP contribution in [-0.4, -0.2) is 35.3 Å². The molecule has 169 valence electrons. The van der Waals surface area contributed by atoms with Crippen molar-refractivity contribution >= 4 is 24.9 Å². The Balaban J connectivity index is 1.87. The Labute approximate surface area is 200 Å². The summed E-state index contributed by atoms with van der Waals surface area (Å²) >= 11 is 6.08. The summed E-state index contributed by atoms with van der Waals surface area (Å²) in [5, 5.41) is 15.4. The summed E-state index contributed by atoms with van der Waals surface area (Å²) in [6.07, 6.45) is 12.9. The van der Waals surface area contributed by atoms with Gasteiger partial charge in [-0.3, -0.25) is 0 Å². The van der Waals surface area contributed by atoms with E-state index in [0.717, 1.165) is 24.1 Å². The average Bonchev–Trinajstić information content (AvgIpc) is 3.65. The summed E-state index contributed by atoms with van der Waals surface area (Å²) in [5.74, 6) is -0.662. The van der Waals surface area contributed by atoms with Crippen LogP contribution in [0.4, 0.5) is 10.1 Å². The predicted molar refractivity (Wildman–Crippen MR) is 131 cm³/mol. The van der Waals surface area contributed by atoms with Gasteiger partial charge in [-0.1, -0.05) is 0 Å². The van der Waals surface area contributed by atoms with E-state index in [2.05, 4.69) is 5.32 Å². The van der Waals surface area contributed by atoms with Gasteiger partial charge >= 0.3 is 201 Å². The Morgan fingerprint density at radius 2 is 2.12 bits per heavy atom. The molecule has 1 saturated carbocycles. The standard InChI is InChI=1S/C26H28BClFN3O/c1-3-32(27)23-14-24(31-25(17(23)2)19-11-12-22(29)21(28)13-19)26(33,16-30-15-18-9-10-18)20-7-5-4-6-8-20/h4-7,11-15,20,30,33H,3,8-10,16H2,1-2H3/q+1. The first-order valence-electron chi connectivity index (χ1n) is 11.3. The summed E-state index contributed by atoms with van der Waals surface area (Å²) in [5.41, 5.74) is 3.43. The minimum atomic E-state index is -1.29. The first-order chi connectivity index (χ1) is 15.8. The molecular weight excluding hydrogens is 436 g/mol. The second-order valence-electron chi connectivity index (χ2n) is 8.68. The van der Waals surface area contributed by atoms with E-state index < -0.39 is 11.4 Å². The van der Waals surface area contributed by atoms with Gasteiger partial charge in [0.05, 0.1) is 0 Å². The third kappa shape index (κ3) is 5.02. The molecule has 2 aliphatic rings. The van der Waals surface area contributed by atoms with E-state index in [9.17, 15) is 9.50 Å². The summed E-state index contributed by atoms with van der Waals surface area (Å²) < 4.78 is 15.5. The molecule has 1 heterocycles. The quantitative estimate of drug-likeness (QED) is 0.512. The molecule has 33 heavy (non-hydrogen) atoms. The molecule has 2 aromatic rings. The van der Waals surface area contributed by atoms with Crippen LogP contribution in [0.2, 0.25) is 5.02 Å². The van der Waals surface area contributed by atoms with Crippen molar-refractivity contribution in [3.63, 3.8) is 0 Å². The molecule has 1 radical (unpaired) electrons. The van der Waals surface area contributed by atoms with Crippen LogP contribution in [0.1, 0.15) is 37.4 Å². The number of hydrogen-bond donors (Lipinski definition) is 2. The van der Waals surface area contributed by atoms with E-state index in [1.54, 1.807) is 16.6 Å². The van der Waals surface area contributed by atoms with Gasteiger partial charge in [-0.2, -0.15) is 0 Å². The van der Waals surface area contributed by atoms with Crippen LogP contribution in [0, 0.1) is 18.7 Å². The second-order valence-corrected chi connectivity index (χ2v) is 9.09. The molecule has 2 atom stereocenters. The number of rotatable bonds is 8. The number of nitrogens with one attached hydrogen (secondary N) is 1. The van der Waals surface area contributed by atoms with Crippen molar-refractivity contribution in [2.75, 3.05) is 13.1 Å². The maximum atomic E-state index is 13.8. The molecule has 2 N–H and O–H groups in total. The molecule has 4 nitrogen and oxygen atoms in total. The maximum absolute atomic E-state index is 13.8. The molecule has 1 aromatic heterocycles. The van der Waals surface area contributed by atoms with Crippen molar-refractivity contribution in [3.05, 3.63) is 82.4 Å². The Bertz CT molecular complexity index is 1170. The topological polar surface area (TPSA) is 48.2 Å². The van der Waals surface area contributed by atoms with Gasteiger partial charge in [0.25, 0.3) is 0 Å². The van der Waals surface area contributed by atoms with Gasteiger partial charge < -0.3 is 0 Å². The number of allylic oxidation sites excluding steroid dienone is 4. The van der Waals surface area contributed by atoms with Crippen molar-refractivity contribution in [1.82, 2.24) is 10.3 Å². The van der Waals surface area contributed by atoms with Crippen molar-refractivity contribution < 1.29 is 14.0 Å². The number of aromatic nitrogens is 1. The SMILES string of the molecule is [B]=[N+](CC)c1cc(C(O)(CNC=C2CC2)C2C=CC=CC2)nc(-c2ccc(F)c(Cl)c2)c1C. The summed E-state index contributed by atoms with van der Waals surface area (Å²) in [6, 6.07) is 6.40. The summed E-state index contributed by atoms with van der Waals surface area (Å²) in [4.78, 5) is 4.92. The van der Waals surface area contributed by atoms with E-state index in [0.29, 0.717) is 36.5 Å². The fourth-order valence-corrected chi connectivity index (χ4v) is 4.30. The molecule has 0 bridgehead atoms. The van der Waals surface area contributed by atoms with Crippen molar-refractivity contribution in [3.8, 4) is 11.3 Å². The van der Waals surface area contributed by atoms with E-state index in [-0.39, 0.29) is 10.9 Å². The third-order valence-corrected chi connectivity index (χ3v) is 6.63. The van der Waals surface area contributed by atoms with Crippen LogP contribution in [0.3, 0.4) is 0 Å². The van der Waals surface area contributed by atoms with Gasteiger partial charge in [-0.25, -0.2) is 0 Å². The Morgan fingerprint density at radius 3 is 2.76 bits per heavy atom. The van der Waals surface area contributed by atoms with E-state index in [1.165, 1.54) is 11.6 Å². The van der Waals surface area contributed by atoms with Crippen molar-refractivity contribution in [2.45, 2.75) is 38.7 Å². The molecule has 1 fully saturated rings. The summed E-state index contributed by atoms with van der Waals surface area (Å²) in [7, 11) is 6.32. The molecule has 1 aromatic carbocycles. The van der Waals surface area contributed by atoms with Crippen LogP contribution >= 0.6 is 11.6 Å². The number of benzene rings is 1. The van der Waals surface area contributed by atoms with Gasteiger partial charge in [-0.05, 0) is 0 Å².